The van der Waals surface area contributed by atoms with Gasteiger partial charge in [-0.1, -0.05) is 6.07 Å². The molecule has 0 saturated heterocycles. The van der Waals surface area contributed by atoms with Gasteiger partial charge in [-0.2, -0.15) is 0 Å². The van der Waals surface area contributed by atoms with Gasteiger partial charge in [0.2, 0.25) is 5.91 Å². The topological polar surface area (TPSA) is 87.2 Å². The van der Waals surface area contributed by atoms with Crippen LogP contribution in [0.1, 0.15) is 39.3 Å². The first-order valence-electron chi connectivity index (χ1n) is 9.82. The van der Waals surface area contributed by atoms with Gasteiger partial charge in [-0.3, -0.25) is 4.79 Å². The Morgan fingerprint density at radius 1 is 1.14 bits per heavy atom. The van der Waals surface area contributed by atoms with Crippen LogP contribution in [0.3, 0.4) is 0 Å². The normalized spacial score (nSPS) is 13.1. The van der Waals surface area contributed by atoms with Crippen molar-refractivity contribution in [2.24, 2.45) is 4.99 Å². The summed E-state index contributed by atoms with van der Waals surface area (Å²) in [6, 6.07) is 5.98. The molecular formula is C21H37N5O3. The van der Waals surface area contributed by atoms with Crippen molar-refractivity contribution < 1.29 is 14.3 Å². The van der Waals surface area contributed by atoms with Gasteiger partial charge in [0.05, 0.1) is 20.3 Å². The van der Waals surface area contributed by atoms with Gasteiger partial charge in [-0.05, 0) is 59.5 Å². The van der Waals surface area contributed by atoms with E-state index >= 15 is 0 Å². The lowest BCUT2D eigenvalue weighted by molar-refractivity contribution is -0.121. The smallest absolute Gasteiger partial charge is 0.242 e. The molecule has 3 N–H and O–H groups in total. The molecule has 1 aromatic rings. The van der Waals surface area contributed by atoms with E-state index in [9.17, 15) is 4.79 Å². The lowest BCUT2D eigenvalue weighted by atomic mass is 10.1. The molecule has 0 aliphatic heterocycles. The number of ether oxygens (including phenoxy) is 2. The Labute approximate surface area is 175 Å². The number of nitrogens with zero attached hydrogens (tertiary/aromatic N) is 2. The van der Waals surface area contributed by atoms with Crippen molar-refractivity contribution in [2.75, 3.05) is 47.9 Å². The quantitative estimate of drug-likeness (QED) is 0.427. The molecule has 1 rings (SSSR count). The molecule has 0 aromatic heterocycles. The zero-order chi connectivity index (χ0) is 22.0. The van der Waals surface area contributed by atoms with E-state index < -0.39 is 0 Å². The lowest BCUT2D eigenvalue weighted by Crippen LogP contribution is -2.44. The van der Waals surface area contributed by atoms with Gasteiger partial charge in [0.15, 0.2) is 17.5 Å². The largest absolute Gasteiger partial charge is 0.493 e. The molecule has 0 aliphatic carbocycles. The molecular weight excluding hydrogens is 370 g/mol. The number of benzene rings is 1. The maximum atomic E-state index is 12.1. The molecule has 29 heavy (non-hydrogen) atoms. The second-order valence-electron chi connectivity index (χ2n) is 7.97. The summed E-state index contributed by atoms with van der Waals surface area (Å²) in [7, 11) is 7.29. The first-order chi connectivity index (χ1) is 13.6. The van der Waals surface area contributed by atoms with E-state index in [4.69, 9.17) is 9.47 Å². The molecule has 164 valence electrons. The van der Waals surface area contributed by atoms with Gasteiger partial charge in [-0.25, -0.2) is 4.99 Å². The molecule has 8 heteroatoms. The van der Waals surface area contributed by atoms with Gasteiger partial charge < -0.3 is 30.3 Å². The van der Waals surface area contributed by atoms with E-state index in [0.29, 0.717) is 30.5 Å². The molecule has 0 fully saturated rings. The molecule has 0 spiro atoms. The van der Waals surface area contributed by atoms with Gasteiger partial charge in [0.1, 0.15) is 6.54 Å². The van der Waals surface area contributed by atoms with Crippen LogP contribution in [0.4, 0.5) is 0 Å². The molecule has 0 saturated carbocycles. The fourth-order valence-electron chi connectivity index (χ4n) is 2.80. The highest BCUT2D eigenvalue weighted by Gasteiger charge is 2.18. The zero-order valence-electron chi connectivity index (χ0n) is 19.0. The van der Waals surface area contributed by atoms with Crippen molar-refractivity contribution in [1.82, 2.24) is 20.9 Å². The summed E-state index contributed by atoms with van der Waals surface area (Å²) in [4.78, 5) is 18.6. The van der Waals surface area contributed by atoms with Crippen LogP contribution in [0.5, 0.6) is 11.5 Å². The summed E-state index contributed by atoms with van der Waals surface area (Å²) in [5.74, 6) is 1.88. The maximum Gasteiger partial charge on any atom is 0.242 e. The van der Waals surface area contributed by atoms with E-state index in [1.165, 1.54) is 0 Å². The molecule has 0 heterocycles. The third-order valence-corrected chi connectivity index (χ3v) is 4.12. The minimum absolute atomic E-state index is 0.0651. The Hall–Kier alpha value is -2.48. The first kappa shape index (κ1) is 24.6. The minimum atomic E-state index is -0.276. The van der Waals surface area contributed by atoms with Gasteiger partial charge >= 0.3 is 0 Å². The lowest BCUT2D eigenvalue weighted by Gasteiger charge is -2.26. The summed E-state index contributed by atoms with van der Waals surface area (Å²) in [5, 5.41) is 9.43. The SMILES string of the molecule is CCNC(=NCC(=O)NC(C)(C)C)NCC(c1ccc(OC)c(OC)c1)N(C)C. The first-order valence-corrected chi connectivity index (χ1v) is 9.82. The number of nitrogens with one attached hydrogen (secondary N) is 3. The summed E-state index contributed by atoms with van der Waals surface area (Å²) >= 11 is 0. The average Bonchev–Trinajstić information content (AvgIpc) is 2.64. The number of guanidine groups is 1. The monoisotopic (exact) mass is 407 g/mol. The van der Waals surface area contributed by atoms with Crippen LogP contribution in [0.2, 0.25) is 0 Å². The average molecular weight is 408 g/mol. The number of aliphatic imine (C=N–C) groups is 1. The number of carbonyl (C=O) groups excluding carboxylic acids is 1. The van der Waals surface area contributed by atoms with Crippen molar-refractivity contribution in [2.45, 2.75) is 39.3 Å². The Morgan fingerprint density at radius 2 is 1.79 bits per heavy atom. The van der Waals surface area contributed by atoms with Crippen LogP contribution < -0.4 is 25.4 Å². The Balaban J connectivity index is 2.89. The number of hydrogen-bond acceptors (Lipinski definition) is 5. The fourth-order valence-corrected chi connectivity index (χ4v) is 2.80. The van der Waals surface area contributed by atoms with Crippen molar-refractivity contribution in [1.29, 1.82) is 0 Å². The van der Waals surface area contributed by atoms with E-state index in [2.05, 4.69) is 25.8 Å². The molecule has 1 amide bonds. The Morgan fingerprint density at radius 3 is 2.31 bits per heavy atom. The van der Waals surface area contributed by atoms with E-state index in [1.807, 2.05) is 60.0 Å². The van der Waals surface area contributed by atoms with Crippen LogP contribution >= 0.6 is 0 Å². The van der Waals surface area contributed by atoms with E-state index in [0.717, 1.165) is 5.56 Å². The number of rotatable bonds is 9. The molecule has 1 unspecified atom stereocenters. The molecule has 1 atom stereocenters. The summed E-state index contributed by atoms with van der Waals surface area (Å²) < 4.78 is 10.8. The molecule has 8 nitrogen and oxygen atoms in total. The minimum Gasteiger partial charge on any atom is -0.493 e. The van der Waals surface area contributed by atoms with Gasteiger partial charge in [-0.15, -0.1) is 0 Å². The van der Waals surface area contributed by atoms with E-state index in [-0.39, 0.29) is 24.0 Å². The third kappa shape index (κ3) is 8.60. The standard InChI is InChI=1S/C21H37N5O3/c1-9-22-20(24-14-19(27)25-21(2,3)4)23-13-16(26(5)6)15-10-11-17(28-7)18(12-15)29-8/h10-12,16H,9,13-14H2,1-8H3,(H,25,27)(H2,22,23,24). The van der Waals surface area contributed by atoms with Gasteiger partial charge in [0.25, 0.3) is 0 Å². The number of hydrogen-bond donors (Lipinski definition) is 3. The van der Waals surface area contributed by atoms with Crippen molar-refractivity contribution in [3.8, 4) is 11.5 Å². The molecule has 0 radical (unpaired) electrons. The molecule has 0 bridgehead atoms. The summed E-state index contributed by atoms with van der Waals surface area (Å²) in [5.41, 5.74) is 0.809. The van der Waals surface area contributed by atoms with Gasteiger partial charge in [0, 0.05) is 18.6 Å². The molecule has 0 aliphatic rings. The second-order valence-corrected chi connectivity index (χ2v) is 7.97. The van der Waals surface area contributed by atoms with Crippen molar-refractivity contribution in [3.63, 3.8) is 0 Å². The summed E-state index contributed by atoms with van der Waals surface area (Å²) in [6.45, 7) is 9.21. The van der Waals surface area contributed by atoms with Crippen LogP contribution in [0.15, 0.2) is 23.2 Å². The van der Waals surface area contributed by atoms with E-state index in [1.54, 1.807) is 14.2 Å². The van der Waals surface area contributed by atoms with Crippen molar-refractivity contribution in [3.05, 3.63) is 23.8 Å². The fraction of sp³-hybridized carbons (Fsp3) is 0.619. The highest BCUT2D eigenvalue weighted by atomic mass is 16.5. The summed E-state index contributed by atoms with van der Waals surface area (Å²) in [6.07, 6.45) is 0. The second kappa shape index (κ2) is 11.5. The Bertz CT molecular complexity index is 683. The maximum absolute atomic E-state index is 12.1. The van der Waals surface area contributed by atoms with Crippen molar-refractivity contribution >= 4 is 11.9 Å². The predicted octanol–water partition coefficient (Wildman–Crippen LogP) is 1.78. The van der Waals surface area contributed by atoms with Crippen LogP contribution in [0.25, 0.3) is 0 Å². The highest BCUT2D eigenvalue weighted by Crippen LogP contribution is 2.31. The van der Waals surface area contributed by atoms with Crippen LogP contribution in [-0.4, -0.2) is 70.3 Å². The molecule has 1 aromatic carbocycles. The highest BCUT2D eigenvalue weighted by molar-refractivity contribution is 5.85. The predicted molar refractivity (Wildman–Crippen MR) is 118 cm³/mol. The van der Waals surface area contributed by atoms with Crippen LogP contribution in [0, 0.1) is 0 Å². The zero-order valence-corrected chi connectivity index (χ0v) is 19.0. The Kier molecular flexibility index (Phi) is 9.74. The third-order valence-electron chi connectivity index (χ3n) is 4.12. The number of methoxy groups -OCH3 is 2. The van der Waals surface area contributed by atoms with Crippen LogP contribution in [-0.2, 0) is 4.79 Å². The number of amides is 1. The number of carbonyl (C=O) groups is 1. The number of likely N-dealkylation sites (N-methyl/N-ethyl adjacent to an activating group) is 1.